The van der Waals surface area contributed by atoms with Crippen molar-refractivity contribution in [3.8, 4) is 17.2 Å². The predicted molar refractivity (Wildman–Crippen MR) is 120 cm³/mol. The standard InChI is InChI=1S/C20H24F3N3O3.HI/c1-4-28-18-7-5-13(9-16(18)21)11-25-20(24-2)26-12-14-10-15(27-3)6-8-17(14)29-19(22)23;/h5-10,19H,4,11-12H2,1-3H3,(H2,24,25,26);1H. The number of methoxy groups -OCH3 is 1. The Morgan fingerprint density at radius 1 is 1.07 bits per heavy atom. The SMILES string of the molecule is CCOc1ccc(CNC(=NC)NCc2cc(OC)ccc2OC(F)F)cc1F.I. The largest absolute Gasteiger partial charge is 0.497 e. The maximum absolute atomic E-state index is 13.9. The molecule has 10 heteroatoms. The minimum Gasteiger partial charge on any atom is -0.497 e. The van der Waals surface area contributed by atoms with Gasteiger partial charge in [0.1, 0.15) is 11.5 Å². The van der Waals surface area contributed by atoms with Crippen LogP contribution in [0, 0.1) is 5.82 Å². The summed E-state index contributed by atoms with van der Waals surface area (Å²) >= 11 is 0. The number of ether oxygens (including phenoxy) is 3. The maximum atomic E-state index is 13.9. The van der Waals surface area contributed by atoms with Gasteiger partial charge in [-0.25, -0.2) is 4.39 Å². The molecule has 0 aromatic heterocycles. The van der Waals surface area contributed by atoms with Crippen molar-refractivity contribution in [1.29, 1.82) is 0 Å². The molecule has 30 heavy (non-hydrogen) atoms. The fourth-order valence-electron chi connectivity index (χ4n) is 2.54. The number of alkyl halides is 2. The molecule has 0 amide bonds. The zero-order valence-corrected chi connectivity index (χ0v) is 19.2. The molecule has 0 aliphatic heterocycles. The summed E-state index contributed by atoms with van der Waals surface area (Å²) in [5.74, 6) is 0.710. The van der Waals surface area contributed by atoms with Gasteiger partial charge >= 0.3 is 6.61 Å². The van der Waals surface area contributed by atoms with Crippen molar-refractivity contribution in [2.24, 2.45) is 4.99 Å². The van der Waals surface area contributed by atoms with E-state index in [9.17, 15) is 13.2 Å². The average molecular weight is 539 g/mol. The average Bonchev–Trinajstić information content (AvgIpc) is 2.70. The number of halogens is 4. The van der Waals surface area contributed by atoms with Crippen LogP contribution in [0.3, 0.4) is 0 Å². The Morgan fingerprint density at radius 2 is 1.77 bits per heavy atom. The molecule has 0 spiro atoms. The number of nitrogens with zero attached hydrogens (tertiary/aromatic N) is 1. The van der Waals surface area contributed by atoms with Crippen LogP contribution in [0.4, 0.5) is 13.2 Å². The van der Waals surface area contributed by atoms with Crippen molar-refractivity contribution in [1.82, 2.24) is 10.6 Å². The van der Waals surface area contributed by atoms with E-state index in [4.69, 9.17) is 9.47 Å². The van der Waals surface area contributed by atoms with E-state index in [2.05, 4.69) is 20.4 Å². The third-order valence-corrected chi connectivity index (χ3v) is 3.91. The van der Waals surface area contributed by atoms with Gasteiger partial charge in [0.05, 0.1) is 13.7 Å². The van der Waals surface area contributed by atoms with Gasteiger partial charge in [0.25, 0.3) is 0 Å². The van der Waals surface area contributed by atoms with Gasteiger partial charge in [-0.15, -0.1) is 24.0 Å². The molecule has 0 saturated heterocycles. The van der Waals surface area contributed by atoms with Gasteiger partial charge in [0.2, 0.25) is 0 Å². The molecule has 0 aliphatic rings. The molecular formula is C20H25F3IN3O3. The molecule has 2 N–H and O–H groups in total. The highest BCUT2D eigenvalue weighted by atomic mass is 127. The first kappa shape index (κ1) is 25.7. The van der Waals surface area contributed by atoms with Crippen molar-refractivity contribution in [3.63, 3.8) is 0 Å². The van der Waals surface area contributed by atoms with Crippen LogP contribution in [0.2, 0.25) is 0 Å². The molecule has 2 aromatic rings. The third-order valence-electron chi connectivity index (χ3n) is 3.91. The van der Waals surface area contributed by atoms with Crippen LogP contribution in [0.1, 0.15) is 18.1 Å². The van der Waals surface area contributed by atoms with Gasteiger partial charge in [-0.2, -0.15) is 8.78 Å². The molecular weight excluding hydrogens is 514 g/mol. The first-order chi connectivity index (χ1) is 14.0. The number of aliphatic imine (C=N–C) groups is 1. The summed E-state index contributed by atoms with van der Waals surface area (Å²) in [7, 11) is 3.05. The van der Waals surface area contributed by atoms with Crippen LogP contribution >= 0.6 is 24.0 Å². The molecule has 0 saturated carbocycles. The second kappa shape index (κ2) is 13.0. The number of guanidine groups is 1. The van der Waals surface area contributed by atoms with E-state index in [1.165, 1.54) is 25.3 Å². The molecule has 6 nitrogen and oxygen atoms in total. The Morgan fingerprint density at radius 3 is 2.37 bits per heavy atom. The first-order valence-corrected chi connectivity index (χ1v) is 8.94. The summed E-state index contributed by atoms with van der Waals surface area (Å²) in [4.78, 5) is 4.08. The zero-order chi connectivity index (χ0) is 21.2. The Kier molecular flexibility index (Phi) is 11.2. The van der Waals surface area contributed by atoms with Crippen molar-refractivity contribution in [2.75, 3.05) is 20.8 Å². The summed E-state index contributed by atoms with van der Waals surface area (Å²) < 4.78 is 54.0. The van der Waals surface area contributed by atoms with Gasteiger partial charge in [-0.05, 0) is 42.8 Å². The Bertz CT molecular complexity index is 838. The van der Waals surface area contributed by atoms with Gasteiger partial charge in [0.15, 0.2) is 17.5 Å². The Balaban J connectivity index is 0.00000450. The lowest BCUT2D eigenvalue weighted by atomic mass is 10.2. The van der Waals surface area contributed by atoms with Crippen LogP contribution in [-0.4, -0.2) is 33.3 Å². The number of rotatable bonds is 9. The van der Waals surface area contributed by atoms with E-state index in [-0.39, 0.29) is 42.0 Å². The highest BCUT2D eigenvalue weighted by molar-refractivity contribution is 14.0. The van der Waals surface area contributed by atoms with Crippen LogP contribution in [0.25, 0.3) is 0 Å². The lowest BCUT2D eigenvalue weighted by molar-refractivity contribution is -0.0505. The monoisotopic (exact) mass is 539 g/mol. The summed E-state index contributed by atoms with van der Waals surface area (Å²) in [6.07, 6.45) is 0. The number of benzene rings is 2. The van der Waals surface area contributed by atoms with E-state index in [1.807, 2.05) is 0 Å². The quantitative estimate of drug-likeness (QED) is 0.283. The first-order valence-electron chi connectivity index (χ1n) is 8.94. The highest BCUT2D eigenvalue weighted by Gasteiger charge is 2.12. The van der Waals surface area contributed by atoms with Gasteiger partial charge in [-0.1, -0.05) is 6.07 Å². The van der Waals surface area contributed by atoms with E-state index in [1.54, 1.807) is 32.2 Å². The predicted octanol–water partition coefficient (Wildman–Crippen LogP) is 4.32. The smallest absolute Gasteiger partial charge is 0.387 e. The molecule has 0 aliphatic carbocycles. The van der Waals surface area contributed by atoms with Crippen molar-refractivity contribution >= 4 is 29.9 Å². The maximum Gasteiger partial charge on any atom is 0.387 e. The second-order valence-corrected chi connectivity index (χ2v) is 5.83. The molecule has 0 bridgehead atoms. The summed E-state index contributed by atoms with van der Waals surface area (Å²) in [6, 6.07) is 9.23. The van der Waals surface area contributed by atoms with Crippen LogP contribution in [0.5, 0.6) is 17.2 Å². The molecule has 0 heterocycles. The van der Waals surface area contributed by atoms with Crippen molar-refractivity contribution < 1.29 is 27.4 Å². The van der Waals surface area contributed by atoms with E-state index >= 15 is 0 Å². The molecule has 0 atom stereocenters. The van der Waals surface area contributed by atoms with Gasteiger partial charge in [-0.3, -0.25) is 4.99 Å². The molecule has 2 aromatic carbocycles. The molecule has 0 unspecified atom stereocenters. The van der Waals surface area contributed by atoms with Crippen molar-refractivity contribution in [2.45, 2.75) is 26.6 Å². The number of hydrogen-bond donors (Lipinski definition) is 2. The van der Waals surface area contributed by atoms with Crippen LogP contribution < -0.4 is 24.8 Å². The van der Waals surface area contributed by atoms with E-state index in [0.717, 1.165) is 0 Å². The highest BCUT2D eigenvalue weighted by Crippen LogP contribution is 2.25. The molecule has 2 rings (SSSR count). The summed E-state index contributed by atoms with van der Waals surface area (Å²) in [5, 5.41) is 6.04. The summed E-state index contributed by atoms with van der Waals surface area (Å²) in [6.45, 7) is -0.302. The van der Waals surface area contributed by atoms with Crippen LogP contribution in [-0.2, 0) is 13.1 Å². The minimum absolute atomic E-state index is 0. The van der Waals surface area contributed by atoms with E-state index in [0.29, 0.717) is 36.0 Å². The van der Waals surface area contributed by atoms with Crippen LogP contribution in [0.15, 0.2) is 41.4 Å². The number of nitrogens with one attached hydrogen (secondary N) is 2. The van der Waals surface area contributed by atoms with Crippen molar-refractivity contribution in [3.05, 3.63) is 53.3 Å². The lowest BCUT2D eigenvalue weighted by Gasteiger charge is -2.15. The summed E-state index contributed by atoms with van der Waals surface area (Å²) in [5.41, 5.74) is 1.16. The topological polar surface area (TPSA) is 64.1 Å². The fourth-order valence-corrected chi connectivity index (χ4v) is 2.54. The fraction of sp³-hybridized carbons (Fsp3) is 0.350. The zero-order valence-electron chi connectivity index (χ0n) is 16.9. The minimum atomic E-state index is -2.94. The third kappa shape index (κ3) is 7.81. The second-order valence-electron chi connectivity index (χ2n) is 5.83. The molecule has 0 fully saturated rings. The Hall–Kier alpha value is -2.37. The normalized spacial score (nSPS) is 11.0. The lowest BCUT2D eigenvalue weighted by Crippen LogP contribution is -2.36. The molecule has 0 radical (unpaired) electrons. The van der Waals surface area contributed by atoms with E-state index < -0.39 is 12.4 Å². The van der Waals surface area contributed by atoms with Gasteiger partial charge < -0.3 is 24.8 Å². The van der Waals surface area contributed by atoms with Gasteiger partial charge in [0, 0.05) is 25.7 Å². The number of hydrogen-bond acceptors (Lipinski definition) is 4. The molecule has 166 valence electrons. The Labute approximate surface area is 190 Å².